The molecule has 0 bridgehead atoms. The molecule has 1 unspecified atom stereocenters. The number of hydrogen-bond acceptors (Lipinski definition) is 2. The smallest absolute Gasteiger partial charge is 0.0950 e. The van der Waals surface area contributed by atoms with Gasteiger partial charge in [-0.1, -0.05) is 33.6 Å². The summed E-state index contributed by atoms with van der Waals surface area (Å²) >= 11 is 0. The van der Waals surface area contributed by atoms with E-state index in [4.69, 9.17) is 4.42 Å². The van der Waals surface area contributed by atoms with E-state index in [-0.39, 0.29) is 0 Å². The van der Waals surface area contributed by atoms with Crippen molar-refractivity contribution in [3.63, 3.8) is 0 Å². The largest absolute Gasteiger partial charge is 0.472 e. The molecule has 1 rings (SSSR count). The van der Waals surface area contributed by atoms with Gasteiger partial charge in [-0.3, -0.25) is 0 Å². The lowest BCUT2D eigenvalue weighted by atomic mass is 10.00. The lowest BCUT2D eigenvalue weighted by molar-refractivity contribution is 0.443. The molecule has 1 heterocycles. The fourth-order valence-corrected chi connectivity index (χ4v) is 1.91. The molecule has 0 aromatic carbocycles. The van der Waals surface area contributed by atoms with Crippen molar-refractivity contribution in [3.05, 3.63) is 24.2 Å². The van der Waals surface area contributed by atoms with E-state index in [9.17, 15) is 0 Å². The van der Waals surface area contributed by atoms with Crippen LogP contribution in [-0.2, 0) is 0 Å². The minimum absolute atomic E-state index is 0.470. The summed E-state index contributed by atoms with van der Waals surface area (Å²) in [5, 5.41) is 3.59. The summed E-state index contributed by atoms with van der Waals surface area (Å²) in [5.74, 6) is 0.802. The van der Waals surface area contributed by atoms with Crippen LogP contribution in [0.1, 0.15) is 58.1 Å². The van der Waals surface area contributed by atoms with Crippen molar-refractivity contribution in [1.82, 2.24) is 5.32 Å². The molecule has 0 saturated carbocycles. The van der Waals surface area contributed by atoms with Crippen LogP contribution in [0.25, 0.3) is 0 Å². The first-order chi connectivity index (χ1) is 7.74. The predicted octanol–water partition coefficient (Wildman–Crippen LogP) is 4.15. The maximum Gasteiger partial charge on any atom is 0.0950 e. The molecular weight excluding hydrogens is 198 g/mol. The Hall–Kier alpha value is -0.760. The second-order valence-corrected chi connectivity index (χ2v) is 4.89. The summed E-state index contributed by atoms with van der Waals surface area (Å²) in [4.78, 5) is 0. The first kappa shape index (κ1) is 13.3. The Morgan fingerprint density at radius 1 is 1.31 bits per heavy atom. The van der Waals surface area contributed by atoms with Crippen molar-refractivity contribution in [2.75, 3.05) is 6.54 Å². The molecule has 0 amide bonds. The van der Waals surface area contributed by atoms with Crippen molar-refractivity contribution >= 4 is 0 Å². The Morgan fingerprint density at radius 3 is 2.69 bits per heavy atom. The van der Waals surface area contributed by atoms with Gasteiger partial charge in [0.2, 0.25) is 0 Å². The van der Waals surface area contributed by atoms with Crippen molar-refractivity contribution in [1.29, 1.82) is 0 Å². The number of hydrogen-bond donors (Lipinski definition) is 1. The highest BCUT2D eigenvalue weighted by Gasteiger charge is 2.11. The van der Waals surface area contributed by atoms with Crippen LogP contribution in [0.2, 0.25) is 0 Å². The molecule has 1 aromatic heterocycles. The zero-order valence-electron chi connectivity index (χ0n) is 10.8. The van der Waals surface area contributed by atoms with E-state index in [1.807, 2.05) is 6.26 Å². The lowest BCUT2D eigenvalue weighted by Gasteiger charge is -2.17. The van der Waals surface area contributed by atoms with E-state index in [1.165, 1.54) is 31.2 Å². The summed E-state index contributed by atoms with van der Waals surface area (Å²) in [5.41, 5.74) is 1.29. The van der Waals surface area contributed by atoms with Gasteiger partial charge in [-0.15, -0.1) is 0 Å². The third-order valence-electron chi connectivity index (χ3n) is 2.86. The topological polar surface area (TPSA) is 25.2 Å². The Kier molecular flexibility index (Phi) is 6.24. The van der Waals surface area contributed by atoms with Gasteiger partial charge in [-0.2, -0.15) is 0 Å². The molecule has 0 aliphatic carbocycles. The third kappa shape index (κ3) is 4.84. The standard InChI is InChI=1S/C14H25NO/c1-4-9-15-14(7-5-6-12(2)3)13-8-10-16-11-13/h8,10-12,14-15H,4-7,9H2,1-3H3. The average molecular weight is 223 g/mol. The summed E-state index contributed by atoms with van der Waals surface area (Å²) in [6.45, 7) is 7.85. The zero-order chi connectivity index (χ0) is 11.8. The van der Waals surface area contributed by atoms with Crippen LogP contribution in [0.15, 0.2) is 23.0 Å². The van der Waals surface area contributed by atoms with E-state index in [2.05, 4.69) is 32.2 Å². The summed E-state index contributed by atoms with van der Waals surface area (Å²) < 4.78 is 5.16. The number of rotatable bonds is 8. The molecule has 0 radical (unpaired) electrons. The highest BCUT2D eigenvalue weighted by molar-refractivity contribution is 5.11. The Labute approximate surface area is 99.4 Å². The van der Waals surface area contributed by atoms with Crippen LogP contribution in [-0.4, -0.2) is 6.54 Å². The molecule has 0 spiro atoms. The van der Waals surface area contributed by atoms with Gasteiger partial charge < -0.3 is 9.73 Å². The maximum absolute atomic E-state index is 5.16. The quantitative estimate of drug-likeness (QED) is 0.716. The highest BCUT2D eigenvalue weighted by atomic mass is 16.3. The lowest BCUT2D eigenvalue weighted by Crippen LogP contribution is -2.21. The molecule has 0 saturated heterocycles. The summed E-state index contributed by atoms with van der Waals surface area (Å²) in [7, 11) is 0. The highest BCUT2D eigenvalue weighted by Crippen LogP contribution is 2.21. The second kappa shape index (κ2) is 7.50. The zero-order valence-corrected chi connectivity index (χ0v) is 10.8. The summed E-state index contributed by atoms with van der Waals surface area (Å²) in [6, 6.07) is 2.54. The second-order valence-electron chi connectivity index (χ2n) is 4.89. The van der Waals surface area contributed by atoms with E-state index < -0.39 is 0 Å². The van der Waals surface area contributed by atoms with Gasteiger partial charge in [0.05, 0.1) is 12.5 Å². The predicted molar refractivity (Wildman–Crippen MR) is 68.4 cm³/mol. The molecular formula is C14H25NO. The average Bonchev–Trinajstić information content (AvgIpc) is 2.75. The Bertz CT molecular complexity index is 254. The van der Waals surface area contributed by atoms with E-state index in [0.717, 1.165) is 12.5 Å². The van der Waals surface area contributed by atoms with Gasteiger partial charge in [-0.25, -0.2) is 0 Å². The molecule has 0 aliphatic heterocycles. The molecule has 16 heavy (non-hydrogen) atoms. The molecule has 1 atom stereocenters. The van der Waals surface area contributed by atoms with Crippen molar-refractivity contribution < 1.29 is 4.42 Å². The van der Waals surface area contributed by atoms with Gasteiger partial charge in [-0.05, 0) is 31.4 Å². The molecule has 1 aromatic rings. The summed E-state index contributed by atoms with van der Waals surface area (Å²) in [6.07, 6.45) is 8.60. The number of furan rings is 1. The minimum Gasteiger partial charge on any atom is -0.472 e. The molecule has 0 fully saturated rings. The molecule has 2 heteroatoms. The van der Waals surface area contributed by atoms with Gasteiger partial charge in [0, 0.05) is 11.6 Å². The van der Waals surface area contributed by atoms with Crippen LogP contribution in [0.5, 0.6) is 0 Å². The maximum atomic E-state index is 5.16. The van der Waals surface area contributed by atoms with E-state index in [1.54, 1.807) is 6.26 Å². The SMILES string of the molecule is CCCNC(CCCC(C)C)c1ccoc1. The van der Waals surface area contributed by atoms with E-state index >= 15 is 0 Å². The fraction of sp³-hybridized carbons (Fsp3) is 0.714. The number of nitrogens with one attached hydrogen (secondary N) is 1. The van der Waals surface area contributed by atoms with Crippen LogP contribution >= 0.6 is 0 Å². The molecule has 1 N–H and O–H groups in total. The first-order valence-electron chi connectivity index (χ1n) is 6.49. The molecule has 92 valence electrons. The van der Waals surface area contributed by atoms with Crippen molar-refractivity contribution in [3.8, 4) is 0 Å². The normalized spacial score (nSPS) is 13.2. The van der Waals surface area contributed by atoms with Crippen molar-refractivity contribution in [2.24, 2.45) is 5.92 Å². The van der Waals surface area contributed by atoms with Gasteiger partial charge in [0.1, 0.15) is 0 Å². The van der Waals surface area contributed by atoms with Crippen LogP contribution < -0.4 is 5.32 Å². The van der Waals surface area contributed by atoms with Crippen LogP contribution in [0.4, 0.5) is 0 Å². The fourth-order valence-electron chi connectivity index (χ4n) is 1.91. The van der Waals surface area contributed by atoms with E-state index in [0.29, 0.717) is 6.04 Å². The van der Waals surface area contributed by atoms with Gasteiger partial charge in [0.25, 0.3) is 0 Å². The van der Waals surface area contributed by atoms with Crippen molar-refractivity contribution in [2.45, 2.75) is 52.5 Å². The third-order valence-corrected chi connectivity index (χ3v) is 2.86. The Morgan fingerprint density at radius 2 is 2.12 bits per heavy atom. The Balaban J connectivity index is 2.38. The first-order valence-corrected chi connectivity index (χ1v) is 6.49. The minimum atomic E-state index is 0.470. The molecule has 0 aliphatic rings. The van der Waals surface area contributed by atoms with Gasteiger partial charge >= 0.3 is 0 Å². The van der Waals surface area contributed by atoms with Crippen LogP contribution in [0.3, 0.4) is 0 Å². The molecule has 2 nitrogen and oxygen atoms in total. The van der Waals surface area contributed by atoms with Crippen LogP contribution in [0, 0.1) is 5.92 Å². The monoisotopic (exact) mass is 223 g/mol. The van der Waals surface area contributed by atoms with Gasteiger partial charge in [0.15, 0.2) is 0 Å².